The van der Waals surface area contributed by atoms with E-state index in [1.807, 2.05) is 0 Å². The van der Waals surface area contributed by atoms with Crippen LogP contribution in [0.15, 0.2) is 24.3 Å². The predicted octanol–water partition coefficient (Wildman–Crippen LogP) is 3.53. The summed E-state index contributed by atoms with van der Waals surface area (Å²) in [4.78, 5) is 24.0. The normalized spacial score (nSPS) is 16.9. The van der Waals surface area contributed by atoms with Crippen LogP contribution in [0.1, 0.15) is 57.4 Å². The second-order valence-corrected chi connectivity index (χ2v) is 6.42. The molecule has 24 heavy (non-hydrogen) atoms. The number of benzene rings is 1. The fourth-order valence-corrected chi connectivity index (χ4v) is 2.99. The van der Waals surface area contributed by atoms with Gasteiger partial charge in [-0.25, -0.2) is 4.39 Å². The summed E-state index contributed by atoms with van der Waals surface area (Å²) in [6.45, 7) is 1.58. The number of hydrogen-bond acceptors (Lipinski definition) is 3. The molecular weight excluding hydrogens is 309 g/mol. The number of carbonyl (C=O) groups excluding carboxylic acids is 2. The van der Waals surface area contributed by atoms with Crippen molar-refractivity contribution < 1.29 is 18.7 Å². The SMILES string of the molecule is C[C@@H](OC(=O)CCc1ccccc1F)C(=O)NC1CCCCCC1. The Kier molecular flexibility index (Phi) is 7.22. The highest BCUT2D eigenvalue weighted by Crippen LogP contribution is 2.17. The van der Waals surface area contributed by atoms with Gasteiger partial charge in [0.2, 0.25) is 0 Å². The van der Waals surface area contributed by atoms with Gasteiger partial charge in [-0.2, -0.15) is 0 Å². The van der Waals surface area contributed by atoms with Crippen LogP contribution in [0, 0.1) is 5.82 Å². The van der Waals surface area contributed by atoms with Gasteiger partial charge in [0, 0.05) is 12.5 Å². The van der Waals surface area contributed by atoms with Gasteiger partial charge in [0.25, 0.3) is 5.91 Å². The average Bonchev–Trinajstić information content (AvgIpc) is 2.82. The highest BCUT2D eigenvalue weighted by molar-refractivity contribution is 5.83. The highest BCUT2D eigenvalue weighted by Gasteiger charge is 2.21. The van der Waals surface area contributed by atoms with Gasteiger partial charge in [-0.1, -0.05) is 43.9 Å². The van der Waals surface area contributed by atoms with E-state index in [1.54, 1.807) is 25.1 Å². The molecule has 0 bridgehead atoms. The van der Waals surface area contributed by atoms with Gasteiger partial charge in [0.1, 0.15) is 5.82 Å². The summed E-state index contributed by atoms with van der Waals surface area (Å²) in [6, 6.07) is 6.53. The molecule has 1 saturated carbocycles. The summed E-state index contributed by atoms with van der Waals surface area (Å²) >= 11 is 0. The third-order valence-corrected chi connectivity index (χ3v) is 4.44. The first-order chi connectivity index (χ1) is 11.6. The first-order valence-electron chi connectivity index (χ1n) is 8.79. The Labute approximate surface area is 142 Å². The molecule has 1 amide bonds. The molecule has 132 valence electrons. The van der Waals surface area contributed by atoms with Crippen molar-refractivity contribution >= 4 is 11.9 Å². The Morgan fingerprint density at radius 2 is 1.88 bits per heavy atom. The van der Waals surface area contributed by atoms with Crippen molar-refractivity contribution in [2.75, 3.05) is 0 Å². The molecular formula is C19H26FNO3. The maximum absolute atomic E-state index is 13.5. The van der Waals surface area contributed by atoms with E-state index in [0.717, 1.165) is 25.7 Å². The molecule has 0 saturated heterocycles. The largest absolute Gasteiger partial charge is 0.453 e. The Balaban J connectivity index is 1.74. The number of rotatable bonds is 6. The van der Waals surface area contributed by atoms with Crippen LogP contribution in [-0.4, -0.2) is 24.0 Å². The molecule has 0 spiro atoms. The summed E-state index contributed by atoms with van der Waals surface area (Å²) in [5.41, 5.74) is 0.477. The Morgan fingerprint density at radius 3 is 2.54 bits per heavy atom. The summed E-state index contributed by atoms with van der Waals surface area (Å²) in [5, 5.41) is 2.97. The van der Waals surface area contributed by atoms with E-state index in [2.05, 4.69) is 5.32 Å². The van der Waals surface area contributed by atoms with Gasteiger partial charge in [-0.15, -0.1) is 0 Å². The molecule has 0 unspecified atom stereocenters. The molecule has 1 aliphatic carbocycles. The zero-order valence-electron chi connectivity index (χ0n) is 14.2. The van der Waals surface area contributed by atoms with Crippen LogP contribution in [0.25, 0.3) is 0 Å². The first-order valence-corrected chi connectivity index (χ1v) is 8.79. The molecule has 2 rings (SSSR count). The van der Waals surface area contributed by atoms with Crippen LogP contribution >= 0.6 is 0 Å². The van der Waals surface area contributed by atoms with Gasteiger partial charge in [-0.05, 0) is 37.8 Å². The van der Waals surface area contributed by atoms with Crippen LogP contribution in [0.2, 0.25) is 0 Å². The quantitative estimate of drug-likeness (QED) is 0.639. The number of amides is 1. The summed E-state index contributed by atoms with van der Waals surface area (Å²) in [7, 11) is 0. The van der Waals surface area contributed by atoms with Gasteiger partial charge in [0.15, 0.2) is 6.10 Å². The maximum Gasteiger partial charge on any atom is 0.306 e. The first kappa shape index (κ1) is 18.4. The van der Waals surface area contributed by atoms with Crippen molar-refractivity contribution in [3.8, 4) is 0 Å². The number of hydrogen-bond donors (Lipinski definition) is 1. The van der Waals surface area contributed by atoms with Crippen LogP contribution in [-0.2, 0) is 20.7 Å². The standard InChI is InChI=1S/C19H26FNO3/c1-14(19(23)21-16-9-4-2-3-5-10-16)24-18(22)13-12-15-8-6-7-11-17(15)20/h6-8,11,14,16H,2-5,9-10,12-13H2,1H3,(H,21,23)/t14-/m1/s1. The fraction of sp³-hybridized carbons (Fsp3) is 0.579. The smallest absolute Gasteiger partial charge is 0.306 e. The minimum atomic E-state index is -0.818. The number of aryl methyl sites for hydroxylation is 1. The second kappa shape index (κ2) is 9.40. The lowest BCUT2D eigenvalue weighted by atomic mass is 10.1. The van der Waals surface area contributed by atoms with E-state index in [1.165, 1.54) is 18.9 Å². The third-order valence-electron chi connectivity index (χ3n) is 4.44. The fourth-order valence-electron chi connectivity index (χ4n) is 2.99. The molecule has 1 fully saturated rings. The maximum atomic E-state index is 13.5. The topological polar surface area (TPSA) is 55.4 Å². The lowest BCUT2D eigenvalue weighted by Gasteiger charge is -2.19. The predicted molar refractivity (Wildman–Crippen MR) is 89.9 cm³/mol. The van der Waals surface area contributed by atoms with Crippen molar-refractivity contribution in [1.82, 2.24) is 5.32 Å². The molecule has 5 heteroatoms. The third kappa shape index (κ3) is 5.95. The van der Waals surface area contributed by atoms with Crippen molar-refractivity contribution in [3.63, 3.8) is 0 Å². The minimum Gasteiger partial charge on any atom is -0.453 e. The summed E-state index contributed by atoms with van der Waals surface area (Å²) in [6.07, 6.45) is 6.16. The number of halogens is 1. The van der Waals surface area contributed by atoms with Crippen molar-refractivity contribution in [2.24, 2.45) is 0 Å². The molecule has 0 radical (unpaired) electrons. The number of nitrogens with one attached hydrogen (secondary N) is 1. The van der Waals surface area contributed by atoms with Gasteiger partial charge >= 0.3 is 5.97 Å². The van der Waals surface area contributed by atoms with E-state index in [-0.39, 0.29) is 30.6 Å². The Morgan fingerprint density at radius 1 is 1.21 bits per heavy atom. The minimum absolute atomic E-state index is 0.0575. The molecule has 1 aliphatic rings. The van der Waals surface area contributed by atoms with E-state index < -0.39 is 12.1 Å². The van der Waals surface area contributed by atoms with Crippen molar-refractivity contribution in [3.05, 3.63) is 35.6 Å². The molecule has 4 nitrogen and oxygen atoms in total. The molecule has 1 aromatic rings. The number of carbonyl (C=O) groups is 2. The van der Waals surface area contributed by atoms with Crippen LogP contribution in [0.5, 0.6) is 0 Å². The summed E-state index contributed by atoms with van der Waals surface area (Å²) < 4.78 is 18.7. The molecule has 0 aromatic heterocycles. The molecule has 0 heterocycles. The molecule has 1 N–H and O–H groups in total. The van der Waals surface area contributed by atoms with Crippen LogP contribution in [0.3, 0.4) is 0 Å². The van der Waals surface area contributed by atoms with E-state index in [9.17, 15) is 14.0 Å². The monoisotopic (exact) mass is 335 g/mol. The van der Waals surface area contributed by atoms with E-state index in [4.69, 9.17) is 4.74 Å². The van der Waals surface area contributed by atoms with Gasteiger partial charge < -0.3 is 10.1 Å². The molecule has 1 atom stereocenters. The van der Waals surface area contributed by atoms with Crippen LogP contribution in [0.4, 0.5) is 4.39 Å². The van der Waals surface area contributed by atoms with Gasteiger partial charge in [0.05, 0.1) is 0 Å². The van der Waals surface area contributed by atoms with Crippen LogP contribution < -0.4 is 5.32 Å². The number of ether oxygens (including phenoxy) is 1. The lowest BCUT2D eigenvalue weighted by Crippen LogP contribution is -2.41. The van der Waals surface area contributed by atoms with E-state index in [0.29, 0.717) is 5.56 Å². The molecule has 0 aliphatic heterocycles. The van der Waals surface area contributed by atoms with E-state index >= 15 is 0 Å². The number of esters is 1. The molecule has 1 aromatic carbocycles. The lowest BCUT2D eigenvalue weighted by molar-refractivity contribution is -0.155. The zero-order valence-corrected chi connectivity index (χ0v) is 14.2. The average molecular weight is 335 g/mol. The summed E-state index contributed by atoms with van der Waals surface area (Å²) in [5.74, 6) is -1.06. The highest BCUT2D eigenvalue weighted by atomic mass is 19.1. The zero-order chi connectivity index (χ0) is 17.4. The Bertz CT molecular complexity index is 553. The van der Waals surface area contributed by atoms with Crippen molar-refractivity contribution in [2.45, 2.75) is 70.4 Å². The van der Waals surface area contributed by atoms with Crippen molar-refractivity contribution in [1.29, 1.82) is 0 Å². The second-order valence-electron chi connectivity index (χ2n) is 6.42. The van der Waals surface area contributed by atoms with Gasteiger partial charge in [-0.3, -0.25) is 9.59 Å². The Hall–Kier alpha value is -1.91.